The standard InChI is InChI=1S/C11H18N2O2/c1-3-8-9(14)13(2)11(10(15)12-8)6-4-5-7-11/h8H,3-7H2,1-2H3,(H,12,15). The number of nitrogens with zero attached hydrogens (tertiary/aromatic N) is 1. The van der Waals surface area contributed by atoms with Gasteiger partial charge in [0.2, 0.25) is 11.8 Å². The van der Waals surface area contributed by atoms with E-state index in [1.165, 1.54) is 0 Å². The summed E-state index contributed by atoms with van der Waals surface area (Å²) in [5, 5.41) is 2.85. The number of carbonyl (C=O) groups is 2. The average molecular weight is 210 g/mol. The number of hydrogen-bond acceptors (Lipinski definition) is 2. The molecule has 2 aliphatic rings. The molecule has 1 heterocycles. The molecule has 1 N–H and O–H groups in total. The summed E-state index contributed by atoms with van der Waals surface area (Å²) in [5.74, 6) is 0.118. The van der Waals surface area contributed by atoms with Gasteiger partial charge < -0.3 is 10.2 Å². The number of amides is 2. The van der Waals surface area contributed by atoms with Crippen LogP contribution in [0.3, 0.4) is 0 Å². The van der Waals surface area contributed by atoms with Crippen LogP contribution in [0.4, 0.5) is 0 Å². The van der Waals surface area contributed by atoms with Gasteiger partial charge in [-0.2, -0.15) is 0 Å². The van der Waals surface area contributed by atoms with Gasteiger partial charge in [-0.15, -0.1) is 0 Å². The monoisotopic (exact) mass is 210 g/mol. The summed E-state index contributed by atoms with van der Waals surface area (Å²) in [5.41, 5.74) is -0.525. The van der Waals surface area contributed by atoms with Crippen LogP contribution in [0.5, 0.6) is 0 Å². The highest BCUT2D eigenvalue weighted by atomic mass is 16.2. The highest BCUT2D eigenvalue weighted by molar-refractivity contribution is 5.99. The topological polar surface area (TPSA) is 49.4 Å². The number of piperazine rings is 1. The van der Waals surface area contributed by atoms with Crippen molar-refractivity contribution < 1.29 is 9.59 Å². The first-order valence-corrected chi connectivity index (χ1v) is 5.70. The van der Waals surface area contributed by atoms with Crippen molar-refractivity contribution >= 4 is 11.8 Å². The zero-order valence-corrected chi connectivity index (χ0v) is 9.38. The predicted molar refractivity (Wildman–Crippen MR) is 56.2 cm³/mol. The molecule has 0 aromatic carbocycles. The Morgan fingerprint density at radius 1 is 1.40 bits per heavy atom. The van der Waals surface area contributed by atoms with Crippen molar-refractivity contribution in [3.8, 4) is 0 Å². The molecule has 0 radical (unpaired) electrons. The van der Waals surface area contributed by atoms with E-state index in [9.17, 15) is 9.59 Å². The van der Waals surface area contributed by atoms with Crippen LogP contribution in [0, 0.1) is 0 Å². The molecule has 0 aromatic rings. The Morgan fingerprint density at radius 3 is 2.53 bits per heavy atom. The summed E-state index contributed by atoms with van der Waals surface area (Å²) < 4.78 is 0. The Hall–Kier alpha value is -1.06. The maximum Gasteiger partial charge on any atom is 0.246 e. The predicted octanol–water partition coefficient (Wildman–Crippen LogP) is 0.666. The van der Waals surface area contributed by atoms with E-state index in [1.807, 2.05) is 6.92 Å². The first kappa shape index (κ1) is 10.5. The lowest BCUT2D eigenvalue weighted by atomic mass is 9.90. The third-order valence-corrected chi connectivity index (χ3v) is 3.84. The minimum Gasteiger partial charge on any atom is -0.342 e. The van der Waals surface area contributed by atoms with Gasteiger partial charge in [0.15, 0.2) is 0 Å². The number of likely N-dealkylation sites (N-methyl/N-ethyl adjacent to an activating group) is 1. The second-order valence-electron chi connectivity index (χ2n) is 4.57. The summed E-state index contributed by atoms with van der Waals surface area (Å²) in [4.78, 5) is 25.7. The molecular formula is C11H18N2O2. The summed E-state index contributed by atoms with van der Waals surface area (Å²) in [6.07, 6.45) is 4.39. The highest BCUT2D eigenvalue weighted by Crippen LogP contribution is 2.37. The van der Waals surface area contributed by atoms with Crippen molar-refractivity contribution in [3.05, 3.63) is 0 Å². The quantitative estimate of drug-likeness (QED) is 0.691. The molecule has 1 atom stereocenters. The average Bonchev–Trinajstić information content (AvgIpc) is 2.71. The van der Waals surface area contributed by atoms with Gasteiger partial charge in [-0.1, -0.05) is 19.8 Å². The molecule has 0 bridgehead atoms. The van der Waals surface area contributed by atoms with Gasteiger partial charge in [-0.3, -0.25) is 9.59 Å². The van der Waals surface area contributed by atoms with Crippen LogP contribution in [0.1, 0.15) is 39.0 Å². The van der Waals surface area contributed by atoms with E-state index in [1.54, 1.807) is 11.9 Å². The fraction of sp³-hybridized carbons (Fsp3) is 0.818. The maximum absolute atomic E-state index is 12.0. The van der Waals surface area contributed by atoms with Gasteiger partial charge in [-0.05, 0) is 19.3 Å². The summed E-state index contributed by atoms with van der Waals surface area (Å²) >= 11 is 0. The van der Waals surface area contributed by atoms with Gasteiger partial charge in [0.1, 0.15) is 11.6 Å². The first-order chi connectivity index (χ1) is 7.12. The molecular weight excluding hydrogens is 192 g/mol. The fourth-order valence-electron chi connectivity index (χ4n) is 2.75. The van der Waals surface area contributed by atoms with Crippen molar-refractivity contribution in [1.82, 2.24) is 10.2 Å². The molecule has 15 heavy (non-hydrogen) atoms. The Morgan fingerprint density at radius 2 is 2.00 bits per heavy atom. The lowest BCUT2D eigenvalue weighted by molar-refractivity contribution is -0.155. The Bertz CT molecular complexity index is 295. The van der Waals surface area contributed by atoms with Gasteiger partial charge in [0.25, 0.3) is 0 Å². The molecule has 4 nitrogen and oxygen atoms in total. The van der Waals surface area contributed by atoms with Crippen LogP contribution in [0.2, 0.25) is 0 Å². The molecule has 1 saturated heterocycles. The minimum atomic E-state index is -0.525. The fourth-order valence-corrected chi connectivity index (χ4v) is 2.75. The van der Waals surface area contributed by atoms with Gasteiger partial charge in [0.05, 0.1) is 0 Å². The van der Waals surface area contributed by atoms with E-state index >= 15 is 0 Å². The molecule has 4 heteroatoms. The van der Waals surface area contributed by atoms with Crippen molar-refractivity contribution in [1.29, 1.82) is 0 Å². The smallest absolute Gasteiger partial charge is 0.246 e. The van der Waals surface area contributed by atoms with Crippen LogP contribution in [0.25, 0.3) is 0 Å². The second-order valence-corrected chi connectivity index (χ2v) is 4.57. The molecule has 1 saturated carbocycles. The van der Waals surface area contributed by atoms with Gasteiger partial charge >= 0.3 is 0 Å². The molecule has 2 fully saturated rings. The lowest BCUT2D eigenvalue weighted by Crippen LogP contribution is -2.68. The molecule has 1 unspecified atom stereocenters. The van der Waals surface area contributed by atoms with E-state index in [-0.39, 0.29) is 17.9 Å². The van der Waals surface area contributed by atoms with E-state index in [0.717, 1.165) is 25.7 Å². The molecule has 1 aliphatic carbocycles. The van der Waals surface area contributed by atoms with Crippen LogP contribution >= 0.6 is 0 Å². The van der Waals surface area contributed by atoms with Crippen molar-refractivity contribution in [2.45, 2.75) is 50.6 Å². The lowest BCUT2D eigenvalue weighted by Gasteiger charge is -2.44. The minimum absolute atomic E-state index is 0.0500. The Labute approximate surface area is 90.0 Å². The number of rotatable bonds is 1. The first-order valence-electron chi connectivity index (χ1n) is 5.70. The van der Waals surface area contributed by atoms with Crippen LogP contribution in [-0.2, 0) is 9.59 Å². The third kappa shape index (κ3) is 1.34. The molecule has 2 rings (SSSR count). The molecule has 1 spiro atoms. The zero-order valence-electron chi connectivity index (χ0n) is 9.38. The largest absolute Gasteiger partial charge is 0.342 e. The number of carbonyl (C=O) groups excluding carboxylic acids is 2. The van der Waals surface area contributed by atoms with Crippen molar-refractivity contribution in [3.63, 3.8) is 0 Å². The number of hydrogen-bond donors (Lipinski definition) is 1. The van der Waals surface area contributed by atoms with Crippen molar-refractivity contribution in [2.75, 3.05) is 7.05 Å². The summed E-state index contributed by atoms with van der Waals surface area (Å²) in [6, 6.07) is -0.311. The molecule has 1 aliphatic heterocycles. The number of nitrogens with one attached hydrogen (secondary N) is 1. The summed E-state index contributed by atoms with van der Waals surface area (Å²) in [7, 11) is 1.77. The van der Waals surface area contributed by atoms with Gasteiger partial charge in [-0.25, -0.2) is 0 Å². The van der Waals surface area contributed by atoms with E-state index < -0.39 is 5.54 Å². The molecule has 84 valence electrons. The van der Waals surface area contributed by atoms with Crippen LogP contribution in [-0.4, -0.2) is 35.3 Å². The third-order valence-electron chi connectivity index (χ3n) is 3.84. The zero-order chi connectivity index (χ0) is 11.1. The Balaban J connectivity index is 2.27. The van der Waals surface area contributed by atoms with Gasteiger partial charge in [0, 0.05) is 7.05 Å². The second kappa shape index (κ2) is 3.51. The van der Waals surface area contributed by atoms with E-state index in [2.05, 4.69) is 5.32 Å². The molecule has 2 amide bonds. The normalized spacial score (nSPS) is 29.7. The van der Waals surface area contributed by atoms with E-state index in [0.29, 0.717) is 6.42 Å². The van der Waals surface area contributed by atoms with Crippen molar-refractivity contribution in [2.24, 2.45) is 0 Å². The van der Waals surface area contributed by atoms with Crippen LogP contribution < -0.4 is 5.32 Å². The van der Waals surface area contributed by atoms with E-state index in [4.69, 9.17) is 0 Å². The van der Waals surface area contributed by atoms with Crippen LogP contribution in [0.15, 0.2) is 0 Å². The maximum atomic E-state index is 12.0. The highest BCUT2D eigenvalue weighted by Gasteiger charge is 2.51. The Kier molecular flexibility index (Phi) is 2.44. The SMILES string of the molecule is CCC1NC(=O)C2(CCCC2)N(C)C1=O. The summed E-state index contributed by atoms with van der Waals surface area (Å²) in [6.45, 7) is 1.92. The molecule has 0 aromatic heterocycles.